The second kappa shape index (κ2) is 12.4. The number of benzene rings is 1. The van der Waals surface area contributed by atoms with E-state index in [0.29, 0.717) is 6.54 Å². The molecule has 26 heavy (non-hydrogen) atoms. The van der Waals surface area contributed by atoms with Crippen molar-refractivity contribution in [1.82, 2.24) is 4.72 Å². The molecule has 0 bridgehead atoms. The SMILES string of the molecule is CCC[CH2][Sn]([CH2]CCC)([CH2]CCC)[c]1ccc(CCNS(C)(=O)=O)cc1. The zero-order chi connectivity index (χ0) is 19.5. The van der Waals surface area contributed by atoms with Gasteiger partial charge in [-0.25, -0.2) is 0 Å². The molecule has 0 aromatic heterocycles. The molecular weight excluding hydrogens is 449 g/mol. The topological polar surface area (TPSA) is 46.2 Å². The van der Waals surface area contributed by atoms with Crippen molar-refractivity contribution in [1.29, 1.82) is 0 Å². The Hall–Kier alpha value is -0.0713. The van der Waals surface area contributed by atoms with Crippen LogP contribution in [0.2, 0.25) is 13.3 Å². The molecule has 0 saturated carbocycles. The molecule has 0 aliphatic heterocycles. The van der Waals surface area contributed by atoms with E-state index >= 15 is 0 Å². The Labute approximate surface area is 166 Å². The molecule has 0 fully saturated rings. The standard InChI is InChI=1S/C9H12NO2S.3C4H9.Sn/c1-13(11,12)10-8-7-9-5-3-2-4-6-9;3*1-3-4-2;/h3-6,10H,7-8H2,1H3;3*1,3-4H2,2H3;. The number of sulfonamides is 1. The molecule has 0 atom stereocenters. The molecule has 150 valence electrons. The molecule has 5 heteroatoms. The third-order valence-electron chi connectivity index (χ3n) is 5.37. The normalized spacial score (nSPS) is 12.5. The number of unbranched alkanes of at least 4 members (excludes halogenated alkanes) is 3. The quantitative estimate of drug-likeness (QED) is 0.382. The third kappa shape index (κ3) is 8.74. The van der Waals surface area contributed by atoms with Gasteiger partial charge in [-0.1, -0.05) is 0 Å². The monoisotopic (exact) mass is 489 g/mol. The van der Waals surface area contributed by atoms with Crippen molar-refractivity contribution < 1.29 is 8.42 Å². The second-order valence-corrected chi connectivity index (χ2v) is 22.8. The van der Waals surface area contributed by atoms with Crippen LogP contribution in [-0.2, 0) is 16.4 Å². The van der Waals surface area contributed by atoms with Crippen LogP contribution in [0.15, 0.2) is 24.3 Å². The summed E-state index contributed by atoms with van der Waals surface area (Å²) in [7, 11) is -3.10. The Kier molecular flexibility index (Phi) is 11.4. The van der Waals surface area contributed by atoms with Crippen LogP contribution in [0.5, 0.6) is 0 Å². The van der Waals surface area contributed by atoms with Gasteiger partial charge >= 0.3 is 167 Å². The minimum atomic E-state index is -3.10. The van der Waals surface area contributed by atoms with Crippen molar-refractivity contribution in [3.8, 4) is 0 Å². The average molecular weight is 488 g/mol. The molecule has 0 heterocycles. The van der Waals surface area contributed by atoms with Crippen LogP contribution in [-0.4, -0.2) is 39.6 Å². The van der Waals surface area contributed by atoms with Gasteiger partial charge in [-0.2, -0.15) is 0 Å². The molecule has 1 rings (SSSR count). The summed E-state index contributed by atoms with van der Waals surface area (Å²) in [5, 5.41) is 0. The van der Waals surface area contributed by atoms with Gasteiger partial charge in [-0.15, -0.1) is 0 Å². The van der Waals surface area contributed by atoms with Gasteiger partial charge in [-0.05, 0) is 0 Å². The zero-order valence-electron chi connectivity index (χ0n) is 17.3. The number of hydrogen-bond acceptors (Lipinski definition) is 2. The van der Waals surface area contributed by atoms with E-state index < -0.39 is 28.4 Å². The average Bonchev–Trinajstić information content (AvgIpc) is 2.61. The first-order chi connectivity index (χ1) is 12.4. The molecule has 0 radical (unpaired) electrons. The van der Waals surface area contributed by atoms with Crippen LogP contribution >= 0.6 is 0 Å². The minimum absolute atomic E-state index is 0.480. The fourth-order valence-electron chi connectivity index (χ4n) is 3.76. The van der Waals surface area contributed by atoms with E-state index in [2.05, 4.69) is 49.8 Å². The molecule has 0 aliphatic rings. The van der Waals surface area contributed by atoms with Crippen molar-refractivity contribution >= 4 is 32.0 Å². The summed E-state index contributed by atoms with van der Waals surface area (Å²) in [6.07, 6.45) is 10.0. The van der Waals surface area contributed by atoms with E-state index in [1.165, 1.54) is 63.7 Å². The summed E-state index contributed by atoms with van der Waals surface area (Å²) in [6, 6.07) is 9.28. The van der Waals surface area contributed by atoms with E-state index in [4.69, 9.17) is 0 Å². The fourth-order valence-corrected chi connectivity index (χ4v) is 20.2. The first-order valence-electron chi connectivity index (χ1n) is 10.4. The molecule has 1 aromatic rings. The molecule has 0 unspecified atom stereocenters. The Morgan fingerprint density at radius 2 is 1.31 bits per heavy atom. The van der Waals surface area contributed by atoms with Gasteiger partial charge < -0.3 is 0 Å². The van der Waals surface area contributed by atoms with Crippen LogP contribution < -0.4 is 8.30 Å². The van der Waals surface area contributed by atoms with E-state index in [1.807, 2.05) is 0 Å². The van der Waals surface area contributed by atoms with Gasteiger partial charge in [-0.3, -0.25) is 0 Å². The zero-order valence-corrected chi connectivity index (χ0v) is 21.0. The molecule has 0 aliphatic carbocycles. The predicted octanol–water partition coefficient (Wildman–Crippen LogP) is 4.83. The molecule has 0 amide bonds. The Morgan fingerprint density at radius 1 is 0.846 bits per heavy atom. The van der Waals surface area contributed by atoms with Crippen molar-refractivity contribution in [3.63, 3.8) is 0 Å². The van der Waals surface area contributed by atoms with Gasteiger partial charge in [0.1, 0.15) is 0 Å². The van der Waals surface area contributed by atoms with Gasteiger partial charge in [0.15, 0.2) is 0 Å². The number of hydrogen-bond donors (Lipinski definition) is 1. The van der Waals surface area contributed by atoms with Crippen molar-refractivity contribution in [2.75, 3.05) is 12.8 Å². The Morgan fingerprint density at radius 3 is 1.69 bits per heavy atom. The Balaban J connectivity index is 2.92. The summed E-state index contributed by atoms with van der Waals surface area (Å²) in [5.41, 5.74) is 1.23. The maximum absolute atomic E-state index is 11.2. The molecule has 3 nitrogen and oxygen atoms in total. The number of rotatable bonds is 14. The summed E-state index contributed by atoms with van der Waals surface area (Å²) < 4.78 is 31.1. The molecule has 1 N–H and O–H groups in total. The summed E-state index contributed by atoms with van der Waals surface area (Å²) in [6.45, 7) is 7.42. The second-order valence-electron chi connectivity index (χ2n) is 7.70. The summed E-state index contributed by atoms with van der Waals surface area (Å²) >= 11 is -2.32. The van der Waals surface area contributed by atoms with Gasteiger partial charge in [0.05, 0.1) is 0 Å². The van der Waals surface area contributed by atoms with Gasteiger partial charge in [0.2, 0.25) is 0 Å². The summed E-state index contributed by atoms with van der Waals surface area (Å²) in [4.78, 5) is 0. The van der Waals surface area contributed by atoms with E-state index in [-0.39, 0.29) is 0 Å². The molecule has 1 aromatic carbocycles. The van der Waals surface area contributed by atoms with Crippen molar-refractivity contribution in [2.24, 2.45) is 0 Å². The van der Waals surface area contributed by atoms with E-state index in [0.717, 1.165) is 6.42 Å². The van der Waals surface area contributed by atoms with Crippen LogP contribution in [0.1, 0.15) is 64.9 Å². The molecule has 0 saturated heterocycles. The van der Waals surface area contributed by atoms with Crippen LogP contribution in [0.4, 0.5) is 0 Å². The Bertz CT molecular complexity index is 577. The number of nitrogens with one attached hydrogen (secondary N) is 1. The maximum atomic E-state index is 11.2. The van der Waals surface area contributed by atoms with Gasteiger partial charge in [0, 0.05) is 0 Å². The molecule has 0 spiro atoms. The van der Waals surface area contributed by atoms with E-state index in [1.54, 1.807) is 3.58 Å². The van der Waals surface area contributed by atoms with Crippen LogP contribution in [0.25, 0.3) is 0 Å². The fraction of sp³-hybridized carbons (Fsp3) is 0.714. The van der Waals surface area contributed by atoms with Crippen molar-refractivity contribution in [3.05, 3.63) is 29.8 Å². The van der Waals surface area contributed by atoms with Gasteiger partial charge in [0.25, 0.3) is 0 Å². The first-order valence-corrected chi connectivity index (χ1v) is 19.8. The van der Waals surface area contributed by atoms with E-state index in [9.17, 15) is 8.42 Å². The van der Waals surface area contributed by atoms with Crippen LogP contribution in [0.3, 0.4) is 0 Å². The predicted molar refractivity (Wildman–Crippen MR) is 118 cm³/mol. The molecular formula is C21H39NO2SSn. The first kappa shape index (κ1) is 24.0. The van der Waals surface area contributed by atoms with Crippen molar-refractivity contribution in [2.45, 2.75) is 79.0 Å². The summed E-state index contributed by atoms with van der Waals surface area (Å²) in [5.74, 6) is 0. The third-order valence-corrected chi connectivity index (χ3v) is 21.8. The van der Waals surface area contributed by atoms with Crippen LogP contribution in [0, 0.1) is 0 Å².